The third kappa shape index (κ3) is 3.91. The molecular weight excluding hydrogens is 398 g/mol. The fraction of sp³-hybridized carbons (Fsp3) is 0.174. The van der Waals surface area contributed by atoms with Gasteiger partial charge in [-0.05, 0) is 24.0 Å². The molecule has 1 atom stereocenters. The fourth-order valence-electron chi connectivity index (χ4n) is 3.28. The molecule has 0 spiro atoms. The highest BCUT2D eigenvalue weighted by molar-refractivity contribution is 8.00. The van der Waals surface area contributed by atoms with Gasteiger partial charge in [0, 0.05) is 17.0 Å². The Labute approximate surface area is 177 Å². The van der Waals surface area contributed by atoms with Gasteiger partial charge >= 0.3 is 0 Å². The molecule has 1 N–H and O–H groups in total. The van der Waals surface area contributed by atoms with Crippen LogP contribution in [0.5, 0.6) is 0 Å². The van der Waals surface area contributed by atoms with Gasteiger partial charge < -0.3 is 5.32 Å². The number of hydrogen-bond donors (Lipinski definition) is 1. The molecule has 0 aliphatic heterocycles. The zero-order chi connectivity index (χ0) is 19.6. The first kappa shape index (κ1) is 18.3. The van der Waals surface area contributed by atoms with E-state index in [0.29, 0.717) is 6.04 Å². The summed E-state index contributed by atoms with van der Waals surface area (Å²) in [7, 11) is 0. The average molecular weight is 418 g/mol. The van der Waals surface area contributed by atoms with Crippen LogP contribution in [0.3, 0.4) is 0 Å². The minimum Gasteiger partial charge on any atom is -0.352 e. The Balaban J connectivity index is 1.56. The molecule has 1 unspecified atom stereocenters. The number of aromatic nitrogens is 2. The molecule has 0 radical (unpaired) electrons. The molecule has 2 heterocycles. The van der Waals surface area contributed by atoms with Crippen LogP contribution in [0.4, 0.5) is 0 Å². The SMILES string of the molecule is O=C(NC1CC1)C(Sc1ncnc2scc(-c3ccccc3)c12)c1ccccc1. The summed E-state index contributed by atoms with van der Waals surface area (Å²) in [5.41, 5.74) is 3.23. The number of nitrogens with zero attached hydrogens (tertiary/aromatic N) is 2. The van der Waals surface area contributed by atoms with E-state index in [4.69, 9.17) is 0 Å². The Morgan fingerprint density at radius 3 is 2.48 bits per heavy atom. The van der Waals surface area contributed by atoms with Gasteiger partial charge in [-0.1, -0.05) is 72.4 Å². The molecule has 4 nitrogen and oxygen atoms in total. The lowest BCUT2D eigenvalue weighted by Crippen LogP contribution is -2.29. The lowest BCUT2D eigenvalue weighted by molar-refractivity contribution is -0.120. The molecule has 0 saturated heterocycles. The van der Waals surface area contributed by atoms with E-state index in [0.717, 1.165) is 44.8 Å². The summed E-state index contributed by atoms with van der Waals surface area (Å²) in [6.07, 6.45) is 3.73. The highest BCUT2D eigenvalue weighted by atomic mass is 32.2. The molecule has 1 saturated carbocycles. The number of amides is 1. The highest BCUT2D eigenvalue weighted by Gasteiger charge is 2.30. The van der Waals surface area contributed by atoms with E-state index >= 15 is 0 Å². The lowest BCUT2D eigenvalue weighted by atomic mass is 10.1. The van der Waals surface area contributed by atoms with Gasteiger partial charge in [0.15, 0.2) is 0 Å². The van der Waals surface area contributed by atoms with Crippen molar-refractivity contribution >= 4 is 39.2 Å². The quantitative estimate of drug-likeness (QED) is 0.334. The number of thioether (sulfide) groups is 1. The Morgan fingerprint density at radius 1 is 1.03 bits per heavy atom. The van der Waals surface area contributed by atoms with Crippen LogP contribution in [0.25, 0.3) is 21.3 Å². The molecule has 1 aliphatic rings. The number of nitrogens with one attached hydrogen (secondary N) is 1. The molecule has 1 fully saturated rings. The van der Waals surface area contributed by atoms with Gasteiger partial charge in [0.25, 0.3) is 0 Å². The van der Waals surface area contributed by atoms with Crippen LogP contribution in [0, 0.1) is 0 Å². The van der Waals surface area contributed by atoms with E-state index in [1.807, 2.05) is 48.5 Å². The molecule has 4 aromatic rings. The van der Waals surface area contributed by atoms with E-state index in [1.165, 1.54) is 11.8 Å². The van der Waals surface area contributed by atoms with Crippen LogP contribution in [-0.2, 0) is 4.79 Å². The van der Waals surface area contributed by atoms with Crippen molar-refractivity contribution in [2.24, 2.45) is 0 Å². The smallest absolute Gasteiger partial charge is 0.238 e. The third-order valence-corrected chi connectivity index (χ3v) is 7.06. The second kappa shape index (κ2) is 7.97. The van der Waals surface area contributed by atoms with Crippen LogP contribution in [0.15, 0.2) is 77.4 Å². The van der Waals surface area contributed by atoms with Gasteiger partial charge in [-0.15, -0.1) is 11.3 Å². The zero-order valence-electron chi connectivity index (χ0n) is 15.6. The Bertz CT molecular complexity index is 1140. The normalized spacial score (nSPS) is 14.6. The summed E-state index contributed by atoms with van der Waals surface area (Å²) < 4.78 is 0. The van der Waals surface area contributed by atoms with Crippen molar-refractivity contribution in [1.29, 1.82) is 0 Å². The van der Waals surface area contributed by atoms with Gasteiger partial charge in [-0.2, -0.15) is 0 Å². The van der Waals surface area contributed by atoms with Crippen molar-refractivity contribution in [3.63, 3.8) is 0 Å². The third-order valence-electron chi connectivity index (χ3n) is 4.91. The number of carbonyl (C=O) groups excluding carboxylic acids is 1. The standard InChI is InChI=1S/C23H19N3OS2/c27-21(26-17-11-12-17)20(16-9-5-2-6-10-16)29-23-19-18(15-7-3-1-4-8-15)13-28-22(19)24-14-25-23/h1-10,13-14,17,20H,11-12H2,(H,26,27). The fourth-order valence-corrected chi connectivity index (χ4v) is 5.39. The van der Waals surface area contributed by atoms with E-state index < -0.39 is 0 Å². The Hall–Kier alpha value is -2.70. The number of hydrogen-bond acceptors (Lipinski definition) is 5. The second-order valence-electron chi connectivity index (χ2n) is 7.07. The van der Waals surface area contributed by atoms with Crippen LogP contribution >= 0.6 is 23.1 Å². The van der Waals surface area contributed by atoms with Crippen molar-refractivity contribution in [1.82, 2.24) is 15.3 Å². The topological polar surface area (TPSA) is 54.9 Å². The minimum absolute atomic E-state index is 0.0481. The molecule has 0 bridgehead atoms. The molecule has 2 aromatic carbocycles. The van der Waals surface area contributed by atoms with Crippen molar-refractivity contribution in [2.75, 3.05) is 0 Å². The number of thiophene rings is 1. The Kier molecular flexibility index (Phi) is 5.04. The monoisotopic (exact) mass is 417 g/mol. The summed E-state index contributed by atoms with van der Waals surface area (Å²) in [4.78, 5) is 23.0. The van der Waals surface area contributed by atoms with Gasteiger partial charge in [0.2, 0.25) is 5.91 Å². The molecule has 2 aromatic heterocycles. The second-order valence-corrected chi connectivity index (χ2v) is 9.02. The largest absolute Gasteiger partial charge is 0.352 e. The number of rotatable bonds is 6. The molecule has 1 aliphatic carbocycles. The number of benzene rings is 2. The number of carbonyl (C=O) groups is 1. The Morgan fingerprint density at radius 2 is 1.76 bits per heavy atom. The molecule has 29 heavy (non-hydrogen) atoms. The molecule has 5 rings (SSSR count). The van der Waals surface area contributed by atoms with Crippen LogP contribution in [-0.4, -0.2) is 21.9 Å². The first-order chi connectivity index (χ1) is 14.3. The predicted octanol–water partition coefficient (Wildman–Crippen LogP) is 5.47. The summed E-state index contributed by atoms with van der Waals surface area (Å²) >= 11 is 3.12. The molecule has 1 amide bonds. The number of fused-ring (bicyclic) bond motifs is 1. The molecule has 144 valence electrons. The maximum absolute atomic E-state index is 13.1. The van der Waals surface area contributed by atoms with Crippen molar-refractivity contribution in [3.05, 3.63) is 77.9 Å². The van der Waals surface area contributed by atoms with E-state index in [-0.39, 0.29) is 11.2 Å². The zero-order valence-corrected chi connectivity index (χ0v) is 17.2. The van der Waals surface area contributed by atoms with Crippen LogP contribution in [0.2, 0.25) is 0 Å². The highest BCUT2D eigenvalue weighted by Crippen LogP contribution is 2.43. The predicted molar refractivity (Wildman–Crippen MR) is 119 cm³/mol. The first-order valence-electron chi connectivity index (χ1n) is 9.59. The summed E-state index contributed by atoms with van der Waals surface area (Å²) in [6.45, 7) is 0. The summed E-state index contributed by atoms with van der Waals surface area (Å²) in [6, 6.07) is 20.5. The maximum atomic E-state index is 13.1. The van der Waals surface area contributed by atoms with Gasteiger partial charge in [0.1, 0.15) is 21.4 Å². The first-order valence-corrected chi connectivity index (χ1v) is 11.3. The van der Waals surface area contributed by atoms with E-state index in [1.54, 1.807) is 17.7 Å². The van der Waals surface area contributed by atoms with Gasteiger partial charge in [-0.3, -0.25) is 4.79 Å². The van der Waals surface area contributed by atoms with Crippen LogP contribution < -0.4 is 5.32 Å². The summed E-state index contributed by atoms with van der Waals surface area (Å²) in [5.74, 6) is 0.0481. The van der Waals surface area contributed by atoms with Gasteiger partial charge in [-0.25, -0.2) is 9.97 Å². The van der Waals surface area contributed by atoms with Crippen molar-refractivity contribution in [3.8, 4) is 11.1 Å². The van der Waals surface area contributed by atoms with E-state index in [9.17, 15) is 4.79 Å². The molecular formula is C23H19N3OS2. The van der Waals surface area contributed by atoms with Crippen LogP contribution in [0.1, 0.15) is 23.7 Å². The summed E-state index contributed by atoms with van der Waals surface area (Å²) in [5, 5.41) is 6.80. The van der Waals surface area contributed by atoms with Gasteiger partial charge in [0.05, 0.1) is 5.39 Å². The molecule has 6 heteroatoms. The lowest BCUT2D eigenvalue weighted by Gasteiger charge is -2.17. The average Bonchev–Trinajstić information content (AvgIpc) is 3.47. The van der Waals surface area contributed by atoms with Crippen molar-refractivity contribution < 1.29 is 4.79 Å². The van der Waals surface area contributed by atoms with Crippen molar-refractivity contribution in [2.45, 2.75) is 29.2 Å². The minimum atomic E-state index is -0.349. The van der Waals surface area contributed by atoms with E-state index in [2.05, 4.69) is 32.8 Å². The maximum Gasteiger partial charge on any atom is 0.238 e.